The summed E-state index contributed by atoms with van der Waals surface area (Å²) in [6, 6.07) is 16.2. The van der Waals surface area contributed by atoms with Crippen molar-refractivity contribution in [1.82, 2.24) is 0 Å². The third-order valence-electron chi connectivity index (χ3n) is 2.41. The van der Waals surface area contributed by atoms with E-state index in [-0.39, 0.29) is 0 Å². The van der Waals surface area contributed by atoms with Crippen LogP contribution in [0.5, 0.6) is 5.75 Å². The second kappa shape index (κ2) is 4.15. The molecule has 0 spiro atoms. The van der Waals surface area contributed by atoms with Crippen LogP contribution >= 0.6 is 0 Å². The summed E-state index contributed by atoms with van der Waals surface area (Å²) in [5.41, 5.74) is 3.41. The molecule has 0 saturated carbocycles. The standard InChI is InChI=1S/C13H13NO/c1-10-9-12(7-8-13(10)15-14)11-5-3-2-4-6-11/h2-9H,14H2,1H3. The Kier molecular flexibility index (Phi) is 2.70. The van der Waals surface area contributed by atoms with Crippen LogP contribution in [-0.4, -0.2) is 0 Å². The molecule has 0 atom stereocenters. The van der Waals surface area contributed by atoms with Crippen molar-refractivity contribution in [2.24, 2.45) is 5.90 Å². The van der Waals surface area contributed by atoms with Crippen LogP contribution in [0.25, 0.3) is 11.1 Å². The van der Waals surface area contributed by atoms with Gasteiger partial charge in [-0.15, -0.1) is 0 Å². The second-order valence-corrected chi connectivity index (χ2v) is 3.46. The Morgan fingerprint density at radius 2 is 1.67 bits per heavy atom. The van der Waals surface area contributed by atoms with Gasteiger partial charge in [0.25, 0.3) is 0 Å². The van der Waals surface area contributed by atoms with Crippen molar-refractivity contribution in [1.29, 1.82) is 0 Å². The van der Waals surface area contributed by atoms with E-state index in [0.29, 0.717) is 0 Å². The molecule has 0 aliphatic rings. The molecule has 0 aromatic heterocycles. The second-order valence-electron chi connectivity index (χ2n) is 3.46. The van der Waals surface area contributed by atoms with Gasteiger partial charge < -0.3 is 4.84 Å². The minimum absolute atomic E-state index is 0.717. The molecular formula is C13H13NO. The first-order chi connectivity index (χ1) is 7.31. The fourth-order valence-electron chi connectivity index (χ4n) is 1.59. The Balaban J connectivity index is 2.43. The lowest BCUT2D eigenvalue weighted by Gasteiger charge is -2.06. The lowest BCUT2D eigenvalue weighted by Crippen LogP contribution is -2.03. The van der Waals surface area contributed by atoms with Gasteiger partial charge in [-0.1, -0.05) is 36.4 Å². The van der Waals surface area contributed by atoms with E-state index in [2.05, 4.69) is 18.2 Å². The number of hydrogen-bond acceptors (Lipinski definition) is 2. The Morgan fingerprint density at radius 1 is 0.933 bits per heavy atom. The van der Waals surface area contributed by atoms with Crippen LogP contribution in [0.3, 0.4) is 0 Å². The summed E-state index contributed by atoms with van der Waals surface area (Å²) < 4.78 is 0. The zero-order valence-corrected chi connectivity index (χ0v) is 8.60. The topological polar surface area (TPSA) is 35.2 Å². The third-order valence-corrected chi connectivity index (χ3v) is 2.41. The summed E-state index contributed by atoms with van der Waals surface area (Å²) in [6.07, 6.45) is 0. The average Bonchev–Trinajstić information content (AvgIpc) is 2.30. The van der Waals surface area contributed by atoms with Crippen LogP contribution in [0.15, 0.2) is 48.5 Å². The molecule has 0 heterocycles. The maximum Gasteiger partial charge on any atom is 0.149 e. The lowest BCUT2D eigenvalue weighted by molar-refractivity contribution is 0.332. The highest BCUT2D eigenvalue weighted by Crippen LogP contribution is 2.25. The number of hydrogen-bond donors (Lipinski definition) is 1. The van der Waals surface area contributed by atoms with Crippen molar-refractivity contribution in [2.75, 3.05) is 0 Å². The van der Waals surface area contributed by atoms with Gasteiger partial charge >= 0.3 is 0 Å². The first-order valence-corrected chi connectivity index (χ1v) is 4.84. The van der Waals surface area contributed by atoms with Gasteiger partial charge in [-0.25, -0.2) is 0 Å². The monoisotopic (exact) mass is 199 g/mol. The molecule has 2 aromatic rings. The molecule has 76 valence electrons. The normalized spacial score (nSPS) is 10.0. The average molecular weight is 199 g/mol. The molecule has 15 heavy (non-hydrogen) atoms. The molecule has 0 bridgehead atoms. The van der Waals surface area contributed by atoms with Crippen LogP contribution in [0.2, 0.25) is 0 Å². The zero-order chi connectivity index (χ0) is 10.7. The molecule has 2 heteroatoms. The van der Waals surface area contributed by atoms with Gasteiger partial charge in [-0.05, 0) is 35.7 Å². The summed E-state index contributed by atoms with van der Waals surface area (Å²) >= 11 is 0. The number of benzene rings is 2. The van der Waals surface area contributed by atoms with Crippen molar-refractivity contribution in [3.8, 4) is 16.9 Å². The molecule has 2 rings (SSSR count). The van der Waals surface area contributed by atoms with E-state index in [1.165, 1.54) is 11.1 Å². The number of aryl methyl sites for hydroxylation is 1. The van der Waals surface area contributed by atoms with Gasteiger partial charge in [-0.3, -0.25) is 0 Å². The van der Waals surface area contributed by atoms with Crippen LogP contribution in [0.4, 0.5) is 0 Å². The molecule has 2 aromatic carbocycles. The molecule has 0 unspecified atom stereocenters. The van der Waals surface area contributed by atoms with E-state index in [1.807, 2.05) is 37.3 Å². The van der Waals surface area contributed by atoms with Gasteiger partial charge in [0.2, 0.25) is 0 Å². The van der Waals surface area contributed by atoms with E-state index in [9.17, 15) is 0 Å². The molecule has 0 fully saturated rings. The van der Waals surface area contributed by atoms with Crippen LogP contribution < -0.4 is 10.7 Å². The highest BCUT2D eigenvalue weighted by molar-refractivity contribution is 5.65. The minimum atomic E-state index is 0.717. The molecule has 0 saturated heterocycles. The van der Waals surface area contributed by atoms with Crippen molar-refractivity contribution < 1.29 is 4.84 Å². The van der Waals surface area contributed by atoms with Crippen molar-refractivity contribution in [3.63, 3.8) is 0 Å². The van der Waals surface area contributed by atoms with Gasteiger partial charge in [0.1, 0.15) is 5.75 Å². The molecule has 0 aliphatic heterocycles. The Morgan fingerprint density at radius 3 is 2.27 bits per heavy atom. The summed E-state index contributed by atoms with van der Waals surface area (Å²) in [7, 11) is 0. The van der Waals surface area contributed by atoms with Crippen LogP contribution in [0, 0.1) is 6.92 Å². The van der Waals surface area contributed by atoms with E-state index in [4.69, 9.17) is 10.7 Å². The quantitative estimate of drug-likeness (QED) is 0.755. The molecule has 2 N–H and O–H groups in total. The maximum atomic E-state index is 5.14. The van der Waals surface area contributed by atoms with Gasteiger partial charge in [-0.2, -0.15) is 5.90 Å². The van der Waals surface area contributed by atoms with E-state index < -0.39 is 0 Å². The molecule has 2 nitrogen and oxygen atoms in total. The van der Waals surface area contributed by atoms with Gasteiger partial charge in [0.15, 0.2) is 0 Å². The number of nitrogens with two attached hydrogens (primary N) is 1. The molecule has 0 amide bonds. The van der Waals surface area contributed by atoms with E-state index in [1.54, 1.807) is 0 Å². The Labute approximate surface area is 89.3 Å². The fourth-order valence-corrected chi connectivity index (χ4v) is 1.59. The lowest BCUT2D eigenvalue weighted by atomic mass is 10.0. The third kappa shape index (κ3) is 2.00. The predicted molar refractivity (Wildman–Crippen MR) is 61.4 cm³/mol. The van der Waals surface area contributed by atoms with Crippen LogP contribution in [0.1, 0.15) is 5.56 Å². The first-order valence-electron chi connectivity index (χ1n) is 4.84. The van der Waals surface area contributed by atoms with Crippen molar-refractivity contribution >= 4 is 0 Å². The maximum absolute atomic E-state index is 5.14. The van der Waals surface area contributed by atoms with Crippen LogP contribution in [-0.2, 0) is 0 Å². The fraction of sp³-hybridized carbons (Fsp3) is 0.0769. The summed E-state index contributed by atoms with van der Waals surface area (Å²) in [4.78, 5) is 4.74. The zero-order valence-electron chi connectivity index (χ0n) is 8.60. The highest BCUT2D eigenvalue weighted by Gasteiger charge is 2.01. The predicted octanol–water partition coefficient (Wildman–Crippen LogP) is 2.91. The summed E-state index contributed by atoms with van der Waals surface area (Å²) in [5, 5.41) is 0. The Hall–Kier alpha value is -1.80. The van der Waals surface area contributed by atoms with E-state index >= 15 is 0 Å². The SMILES string of the molecule is Cc1cc(-c2ccccc2)ccc1ON. The molecule has 0 aliphatic carbocycles. The van der Waals surface area contributed by atoms with Crippen molar-refractivity contribution in [3.05, 3.63) is 54.1 Å². The highest BCUT2D eigenvalue weighted by atomic mass is 16.6. The van der Waals surface area contributed by atoms with Gasteiger partial charge in [0, 0.05) is 0 Å². The molecule has 0 radical (unpaired) electrons. The smallest absolute Gasteiger partial charge is 0.149 e. The van der Waals surface area contributed by atoms with Crippen molar-refractivity contribution in [2.45, 2.75) is 6.92 Å². The largest absolute Gasteiger partial charge is 0.411 e. The van der Waals surface area contributed by atoms with E-state index in [0.717, 1.165) is 11.3 Å². The minimum Gasteiger partial charge on any atom is -0.411 e. The molecular weight excluding hydrogens is 186 g/mol. The summed E-state index contributed by atoms with van der Waals surface area (Å²) in [6.45, 7) is 1.98. The Bertz CT molecular complexity index is 451. The number of rotatable bonds is 2. The summed E-state index contributed by atoms with van der Waals surface area (Å²) in [5.74, 6) is 5.86. The first kappa shape index (κ1) is 9.74. The van der Waals surface area contributed by atoms with Gasteiger partial charge in [0.05, 0.1) is 0 Å².